The van der Waals surface area contributed by atoms with Gasteiger partial charge in [0.05, 0.1) is 18.8 Å². The average molecular weight is 275 g/mol. The van der Waals surface area contributed by atoms with Crippen molar-refractivity contribution in [1.82, 2.24) is 25.1 Å². The number of aromatic amines is 1. The summed E-state index contributed by atoms with van der Waals surface area (Å²) in [6, 6.07) is 0.294. The van der Waals surface area contributed by atoms with Crippen LogP contribution in [0.2, 0.25) is 0 Å². The van der Waals surface area contributed by atoms with Crippen molar-refractivity contribution in [3.8, 4) is 0 Å². The number of H-pyrrole nitrogens is 1. The molecule has 20 heavy (non-hydrogen) atoms. The summed E-state index contributed by atoms with van der Waals surface area (Å²) < 4.78 is 5.88. The molecule has 2 aromatic heterocycles. The molecule has 1 N–H and O–H groups in total. The van der Waals surface area contributed by atoms with Gasteiger partial charge in [-0.2, -0.15) is 5.10 Å². The Kier molecular flexibility index (Phi) is 3.33. The van der Waals surface area contributed by atoms with Gasteiger partial charge < -0.3 is 4.42 Å². The molecule has 1 fully saturated rings. The van der Waals surface area contributed by atoms with E-state index < -0.39 is 0 Å². The minimum absolute atomic E-state index is 0.000587. The number of likely N-dealkylation sites (tertiary alicyclic amines) is 1. The number of oxazole rings is 1. The van der Waals surface area contributed by atoms with Gasteiger partial charge in [0.25, 0.3) is 0 Å². The zero-order valence-corrected chi connectivity index (χ0v) is 12.3. The van der Waals surface area contributed by atoms with Crippen molar-refractivity contribution in [3.63, 3.8) is 0 Å². The van der Waals surface area contributed by atoms with Gasteiger partial charge in [-0.15, -0.1) is 0 Å². The molecule has 2 aromatic rings. The molecule has 0 radical (unpaired) electrons. The summed E-state index contributed by atoms with van der Waals surface area (Å²) in [6.45, 7) is 8.15. The molecule has 1 aliphatic heterocycles. The summed E-state index contributed by atoms with van der Waals surface area (Å²) >= 11 is 0. The van der Waals surface area contributed by atoms with Gasteiger partial charge in [0, 0.05) is 5.41 Å². The predicted octanol–water partition coefficient (Wildman–Crippen LogP) is 2.43. The predicted molar refractivity (Wildman–Crippen MR) is 74.0 cm³/mol. The van der Waals surface area contributed by atoms with E-state index in [-0.39, 0.29) is 5.41 Å². The average Bonchev–Trinajstić information content (AvgIpc) is 3.08. The molecule has 0 amide bonds. The highest BCUT2D eigenvalue weighted by Crippen LogP contribution is 2.31. The largest absolute Gasteiger partial charge is 0.444 e. The van der Waals surface area contributed by atoms with Crippen LogP contribution in [0, 0.1) is 0 Å². The molecule has 0 aliphatic carbocycles. The van der Waals surface area contributed by atoms with Crippen LogP contribution in [0.4, 0.5) is 0 Å². The molecule has 6 heteroatoms. The highest BCUT2D eigenvalue weighted by atomic mass is 16.4. The minimum Gasteiger partial charge on any atom is -0.444 e. The second-order valence-electron chi connectivity index (χ2n) is 6.37. The van der Waals surface area contributed by atoms with Crippen LogP contribution in [0.1, 0.15) is 57.1 Å². The molecule has 0 spiro atoms. The summed E-state index contributed by atoms with van der Waals surface area (Å²) in [6.07, 6.45) is 5.67. The van der Waals surface area contributed by atoms with Crippen molar-refractivity contribution >= 4 is 0 Å². The Morgan fingerprint density at radius 1 is 1.40 bits per heavy atom. The number of hydrogen-bond donors (Lipinski definition) is 1. The Morgan fingerprint density at radius 3 is 2.90 bits per heavy atom. The van der Waals surface area contributed by atoms with Crippen LogP contribution in [-0.2, 0) is 12.0 Å². The standard InChI is InChI=1S/C14H21N5O/c1-14(2,3)11-7-15-12(20-11)8-19-6-4-5-10(19)13-16-9-17-18-13/h7,9-10H,4-6,8H2,1-3H3,(H,16,17,18)/t10-/m0/s1. The Morgan fingerprint density at radius 2 is 2.25 bits per heavy atom. The van der Waals surface area contributed by atoms with E-state index in [4.69, 9.17) is 4.42 Å². The first-order chi connectivity index (χ1) is 9.54. The fourth-order valence-corrected chi connectivity index (χ4v) is 2.60. The Balaban J connectivity index is 1.72. The Labute approximate surface area is 118 Å². The summed E-state index contributed by atoms with van der Waals surface area (Å²) in [5.74, 6) is 2.65. The van der Waals surface area contributed by atoms with Crippen LogP contribution in [0.3, 0.4) is 0 Å². The smallest absolute Gasteiger partial charge is 0.208 e. The summed E-state index contributed by atoms with van der Waals surface area (Å²) in [4.78, 5) is 11.0. The monoisotopic (exact) mass is 275 g/mol. The maximum atomic E-state index is 5.88. The maximum Gasteiger partial charge on any atom is 0.208 e. The van der Waals surface area contributed by atoms with Crippen LogP contribution in [-0.4, -0.2) is 31.6 Å². The van der Waals surface area contributed by atoms with E-state index in [1.807, 2.05) is 6.20 Å². The molecular formula is C14H21N5O. The third kappa shape index (κ3) is 2.60. The number of nitrogens with zero attached hydrogens (tertiary/aromatic N) is 4. The zero-order valence-electron chi connectivity index (χ0n) is 12.3. The molecule has 0 unspecified atom stereocenters. The first-order valence-electron chi connectivity index (χ1n) is 7.08. The van der Waals surface area contributed by atoms with E-state index in [1.165, 1.54) is 0 Å². The van der Waals surface area contributed by atoms with Gasteiger partial charge in [-0.3, -0.25) is 10.00 Å². The summed E-state index contributed by atoms with van der Waals surface area (Å²) in [7, 11) is 0. The van der Waals surface area contributed by atoms with Crippen molar-refractivity contribution in [3.05, 3.63) is 30.0 Å². The van der Waals surface area contributed by atoms with E-state index in [9.17, 15) is 0 Å². The molecule has 3 rings (SSSR count). The van der Waals surface area contributed by atoms with Crippen molar-refractivity contribution in [2.45, 2.75) is 51.6 Å². The topological polar surface area (TPSA) is 70.8 Å². The molecule has 1 aliphatic rings. The van der Waals surface area contributed by atoms with Crippen LogP contribution in [0.25, 0.3) is 0 Å². The first-order valence-corrected chi connectivity index (χ1v) is 7.08. The third-order valence-electron chi connectivity index (χ3n) is 3.74. The fourth-order valence-electron chi connectivity index (χ4n) is 2.60. The zero-order chi connectivity index (χ0) is 14.2. The van der Waals surface area contributed by atoms with Gasteiger partial charge in [-0.1, -0.05) is 20.8 Å². The molecular weight excluding hydrogens is 254 g/mol. The summed E-state index contributed by atoms with van der Waals surface area (Å²) in [5, 5.41) is 6.91. The first kappa shape index (κ1) is 13.3. The second kappa shape index (κ2) is 5.01. The number of nitrogens with one attached hydrogen (secondary N) is 1. The SMILES string of the molecule is CC(C)(C)c1cnc(CN2CCC[C@H]2c2ncn[nH]2)o1. The van der Waals surface area contributed by atoms with Crippen molar-refractivity contribution in [1.29, 1.82) is 0 Å². The lowest BCUT2D eigenvalue weighted by Gasteiger charge is -2.20. The third-order valence-corrected chi connectivity index (χ3v) is 3.74. The molecule has 3 heterocycles. The minimum atomic E-state index is 0.000587. The molecule has 0 aromatic carbocycles. The lowest BCUT2D eigenvalue weighted by atomic mass is 9.94. The van der Waals surface area contributed by atoms with Crippen LogP contribution < -0.4 is 0 Å². The van der Waals surface area contributed by atoms with Gasteiger partial charge in [0.2, 0.25) is 5.89 Å². The van der Waals surface area contributed by atoms with Crippen molar-refractivity contribution in [2.75, 3.05) is 6.54 Å². The van der Waals surface area contributed by atoms with Crippen LogP contribution in [0.5, 0.6) is 0 Å². The Hall–Kier alpha value is -1.69. The van der Waals surface area contributed by atoms with E-state index in [0.29, 0.717) is 6.04 Å². The van der Waals surface area contributed by atoms with E-state index in [2.05, 4.69) is 45.8 Å². The number of hydrogen-bond acceptors (Lipinski definition) is 5. The van der Waals surface area contributed by atoms with E-state index in [1.54, 1.807) is 6.33 Å². The molecule has 0 saturated carbocycles. The van der Waals surface area contributed by atoms with Gasteiger partial charge in [-0.25, -0.2) is 9.97 Å². The quantitative estimate of drug-likeness (QED) is 0.931. The van der Waals surface area contributed by atoms with E-state index in [0.717, 1.165) is 43.4 Å². The van der Waals surface area contributed by atoms with Gasteiger partial charge >= 0.3 is 0 Å². The maximum absolute atomic E-state index is 5.88. The van der Waals surface area contributed by atoms with Crippen LogP contribution >= 0.6 is 0 Å². The highest BCUT2D eigenvalue weighted by molar-refractivity contribution is 5.06. The van der Waals surface area contributed by atoms with Crippen molar-refractivity contribution < 1.29 is 4.42 Å². The fraction of sp³-hybridized carbons (Fsp3) is 0.643. The van der Waals surface area contributed by atoms with E-state index >= 15 is 0 Å². The lowest BCUT2D eigenvalue weighted by molar-refractivity contribution is 0.211. The van der Waals surface area contributed by atoms with Crippen LogP contribution in [0.15, 0.2) is 16.9 Å². The van der Waals surface area contributed by atoms with Gasteiger partial charge in [-0.05, 0) is 19.4 Å². The Bertz CT molecular complexity index is 554. The van der Waals surface area contributed by atoms with Gasteiger partial charge in [0.1, 0.15) is 17.9 Å². The highest BCUT2D eigenvalue weighted by Gasteiger charge is 2.29. The molecule has 108 valence electrons. The lowest BCUT2D eigenvalue weighted by Crippen LogP contribution is -2.23. The molecule has 0 bridgehead atoms. The summed E-state index contributed by atoms with van der Waals surface area (Å²) in [5.41, 5.74) is 0.000587. The number of rotatable bonds is 3. The molecule has 6 nitrogen and oxygen atoms in total. The van der Waals surface area contributed by atoms with Crippen molar-refractivity contribution in [2.24, 2.45) is 0 Å². The second-order valence-corrected chi connectivity index (χ2v) is 6.37. The molecule has 1 atom stereocenters. The van der Waals surface area contributed by atoms with Gasteiger partial charge in [0.15, 0.2) is 0 Å². The molecule has 1 saturated heterocycles. The normalized spacial score (nSPS) is 20.6. The number of aromatic nitrogens is 4.